The lowest BCUT2D eigenvalue weighted by atomic mass is 9.96. The Hall–Kier alpha value is -0.710. The maximum atomic E-state index is 10.3. The maximum Gasteiger partial charge on any atom is 0.301 e. The van der Waals surface area contributed by atoms with E-state index in [1.54, 1.807) is 0 Å². The van der Waals surface area contributed by atoms with Crippen LogP contribution in [0.4, 0.5) is 0 Å². The lowest BCUT2D eigenvalue weighted by Crippen LogP contribution is -1.97. The van der Waals surface area contributed by atoms with Crippen molar-refractivity contribution in [2.24, 2.45) is 5.92 Å². The summed E-state index contributed by atoms with van der Waals surface area (Å²) < 4.78 is 0. The SMILES string of the molecule is CCCCCCCCCC(C#[N+][O-])CCCCC. The Kier molecular flexibility index (Phi) is 13.8. The molecule has 0 spiro atoms. The molecule has 0 heterocycles. The first-order chi connectivity index (χ1) is 8.85. The third-order valence-electron chi connectivity index (χ3n) is 3.55. The van der Waals surface area contributed by atoms with Gasteiger partial charge in [-0.25, -0.2) is 0 Å². The van der Waals surface area contributed by atoms with Crippen LogP contribution in [0.2, 0.25) is 0 Å². The fourth-order valence-corrected chi connectivity index (χ4v) is 2.34. The number of nitrogens with zero attached hydrogens (tertiary/aromatic N) is 1. The zero-order chi connectivity index (χ0) is 13.5. The molecule has 0 N–H and O–H groups in total. The molecule has 0 aromatic heterocycles. The summed E-state index contributed by atoms with van der Waals surface area (Å²) >= 11 is 0. The molecule has 2 nitrogen and oxygen atoms in total. The summed E-state index contributed by atoms with van der Waals surface area (Å²) in [6.07, 6.45) is 15.2. The Morgan fingerprint density at radius 1 is 0.778 bits per heavy atom. The number of rotatable bonds is 12. The highest BCUT2D eigenvalue weighted by molar-refractivity contribution is 4.94. The molecule has 0 aromatic carbocycles. The molecule has 0 rings (SSSR count). The summed E-state index contributed by atoms with van der Waals surface area (Å²) in [5, 5.41) is 13.1. The van der Waals surface area contributed by atoms with E-state index in [9.17, 15) is 5.21 Å². The van der Waals surface area contributed by atoms with Crippen molar-refractivity contribution in [3.05, 3.63) is 10.2 Å². The third-order valence-corrected chi connectivity index (χ3v) is 3.55. The molecule has 106 valence electrons. The second-order valence-corrected chi connectivity index (χ2v) is 5.32. The molecule has 1 unspecified atom stereocenters. The van der Waals surface area contributed by atoms with E-state index < -0.39 is 0 Å². The van der Waals surface area contributed by atoms with Gasteiger partial charge in [-0.2, -0.15) is 0 Å². The predicted octanol–water partition coefficient (Wildman–Crippen LogP) is 6.15. The van der Waals surface area contributed by atoms with Crippen LogP contribution in [0, 0.1) is 17.2 Å². The van der Waals surface area contributed by atoms with E-state index in [2.05, 4.69) is 24.9 Å². The second-order valence-electron chi connectivity index (χ2n) is 5.32. The van der Waals surface area contributed by atoms with E-state index in [0.29, 0.717) is 5.92 Å². The predicted molar refractivity (Wildman–Crippen MR) is 80.9 cm³/mol. The van der Waals surface area contributed by atoms with Crippen LogP contribution in [0.5, 0.6) is 0 Å². The Balaban J connectivity index is 3.47. The number of hydrogen-bond acceptors (Lipinski definition) is 1. The van der Waals surface area contributed by atoms with Gasteiger partial charge in [0.05, 0.1) is 5.92 Å². The van der Waals surface area contributed by atoms with Crippen molar-refractivity contribution in [3.8, 4) is 6.07 Å². The van der Waals surface area contributed by atoms with Gasteiger partial charge in [0, 0.05) is 5.01 Å². The molecule has 0 aliphatic carbocycles. The minimum absolute atomic E-state index is 0.310. The molecule has 0 fully saturated rings. The van der Waals surface area contributed by atoms with Crippen molar-refractivity contribution >= 4 is 0 Å². The van der Waals surface area contributed by atoms with E-state index in [1.165, 1.54) is 64.2 Å². The van der Waals surface area contributed by atoms with Gasteiger partial charge in [0.25, 0.3) is 0 Å². The standard InChI is InChI=1S/C16H31NO/c1-3-5-7-8-9-10-12-14-16(15-17-18)13-11-6-4-2/h16H,3-14H2,1-2H3. The van der Waals surface area contributed by atoms with E-state index in [-0.39, 0.29) is 0 Å². The maximum absolute atomic E-state index is 10.3. The summed E-state index contributed by atoms with van der Waals surface area (Å²) in [7, 11) is 0. The highest BCUT2D eigenvalue weighted by atomic mass is 16.4. The smallest absolute Gasteiger partial charge is 0.301 e. The van der Waals surface area contributed by atoms with Gasteiger partial charge in [0.15, 0.2) is 0 Å². The molecule has 0 bridgehead atoms. The van der Waals surface area contributed by atoms with Crippen molar-refractivity contribution in [3.63, 3.8) is 0 Å². The summed E-state index contributed by atoms with van der Waals surface area (Å²) in [5.41, 5.74) is 0. The Bertz CT molecular complexity index is 217. The molecule has 0 radical (unpaired) electrons. The highest BCUT2D eigenvalue weighted by Crippen LogP contribution is 2.18. The molecule has 1 atom stereocenters. The quantitative estimate of drug-likeness (QED) is 0.302. The number of unbranched alkanes of at least 4 members (excludes halogenated alkanes) is 8. The van der Waals surface area contributed by atoms with Gasteiger partial charge in [0.1, 0.15) is 0 Å². The van der Waals surface area contributed by atoms with Crippen LogP contribution in [-0.2, 0) is 0 Å². The minimum atomic E-state index is 0.310. The summed E-state index contributed by atoms with van der Waals surface area (Å²) in [6, 6.07) is 2.72. The van der Waals surface area contributed by atoms with Crippen LogP contribution < -0.4 is 0 Å². The van der Waals surface area contributed by atoms with Crippen LogP contribution in [0.1, 0.15) is 90.9 Å². The Labute approximate surface area is 114 Å². The summed E-state index contributed by atoms with van der Waals surface area (Å²) in [6.45, 7) is 4.45. The first-order valence-electron chi connectivity index (χ1n) is 7.93. The van der Waals surface area contributed by atoms with Gasteiger partial charge < -0.3 is 5.21 Å². The first-order valence-corrected chi connectivity index (χ1v) is 7.93. The van der Waals surface area contributed by atoms with Crippen molar-refractivity contribution < 1.29 is 0 Å². The van der Waals surface area contributed by atoms with Gasteiger partial charge >= 0.3 is 6.07 Å². The van der Waals surface area contributed by atoms with Gasteiger partial charge in [-0.3, -0.25) is 0 Å². The third kappa shape index (κ3) is 11.8. The zero-order valence-corrected chi connectivity index (χ0v) is 12.4. The van der Waals surface area contributed by atoms with Crippen LogP contribution in [0.25, 0.3) is 5.01 Å². The molecule has 0 aliphatic heterocycles. The normalized spacial score (nSPS) is 11.9. The summed E-state index contributed by atoms with van der Waals surface area (Å²) in [4.78, 5) is 0. The van der Waals surface area contributed by atoms with E-state index in [0.717, 1.165) is 12.8 Å². The van der Waals surface area contributed by atoms with Crippen LogP contribution in [0.15, 0.2) is 0 Å². The molecular weight excluding hydrogens is 222 g/mol. The van der Waals surface area contributed by atoms with Crippen LogP contribution in [-0.4, -0.2) is 0 Å². The molecule has 0 amide bonds. The minimum Gasteiger partial charge on any atom is -0.498 e. The molecule has 0 saturated heterocycles. The fraction of sp³-hybridized carbons (Fsp3) is 0.938. The molecule has 0 saturated carbocycles. The Morgan fingerprint density at radius 3 is 1.78 bits per heavy atom. The topological polar surface area (TPSA) is 27.4 Å². The van der Waals surface area contributed by atoms with E-state index in [1.807, 2.05) is 0 Å². The van der Waals surface area contributed by atoms with Crippen LogP contribution >= 0.6 is 0 Å². The monoisotopic (exact) mass is 253 g/mol. The van der Waals surface area contributed by atoms with Crippen molar-refractivity contribution in [2.45, 2.75) is 90.9 Å². The molecule has 0 aliphatic rings. The van der Waals surface area contributed by atoms with Crippen LogP contribution in [0.3, 0.4) is 0 Å². The highest BCUT2D eigenvalue weighted by Gasteiger charge is 2.10. The van der Waals surface area contributed by atoms with E-state index in [4.69, 9.17) is 0 Å². The number of hydrogen-bond donors (Lipinski definition) is 0. The average molecular weight is 253 g/mol. The lowest BCUT2D eigenvalue weighted by molar-refractivity contribution is 0.482. The van der Waals surface area contributed by atoms with Crippen molar-refractivity contribution in [2.75, 3.05) is 0 Å². The van der Waals surface area contributed by atoms with Crippen molar-refractivity contribution in [1.29, 1.82) is 0 Å². The van der Waals surface area contributed by atoms with Gasteiger partial charge in [-0.05, 0) is 12.8 Å². The van der Waals surface area contributed by atoms with Gasteiger partial charge in [0.2, 0.25) is 0 Å². The van der Waals surface area contributed by atoms with Crippen molar-refractivity contribution in [1.82, 2.24) is 0 Å². The zero-order valence-electron chi connectivity index (χ0n) is 12.4. The Morgan fingerprint density at radius 2 is 1.22 bits per heavy atom. The molecule has 0 aromatic rings. The first kappa shape index (κ1) is 17.3. The summed E-state index contributed by atoms with van der Waals surface area (Å²) in [5.74, 6) is 0.310. The molecular formula is C16H31NO. The van der Waals surface area contributed by atoms with Gasteiger partial charge in [-0.1, -0.05) is 78.1 Å². The molecule has 18 heavy (non-hydrogen) atoms. The van der Waals surface area contributed by atoms with E-state index >= 15 is 0 Å². The largest absolute Gasteiger partial charge is 0.498 e. The van der Waals surface area contributed by atoms with Gasteiger partial charge in [-0.15, -0.1) is 0 Å². The average Bonchev–Trinajstić information content (AvgIpc) is 2.38. The second kappa shape index (κ2) is 14.4. The lowest BCUT2D eigenvalue weighted by Gasteiger charge is -2.06. The molecule has 2 heteroatoms. The fourth-order valence-electron chi connectivity index (χ4n) is 2.34.